The number of anilines is 2. The molecule has 2 aliphatic rings. The molecule has 3 rings (SSSR count). The molecular formula is C21H28FN3O5. The third-order valence-electron chi connectivity index (χ3n) is 5.20. The van der Waals surface area contributed by atoms with Gasteiger partial charge in [0.1, 0.15) is 17.7 Å². The number of hydrogen-bond donors (Lipinski definition) is 0. The molecule has 2 amide bonds. The van der Waals surface area contributed by atoms with Gasteiger partial charge in [-0.1, -0.05) is 13.8 Å². The van der Waals surface area contributed by atoms with Crippen LogP contribution in [0.3, 0.4) is 0 Å². The zero-order chi connectivity index (χ0) is 21.8. The zero-order valence-corrected chi connectivity index (χ0v) is 17.6. The smallest absolute Gasteiger partial charge is 0.414 e. The highest BCUT2D eigenvalue weighted by atomic mass is 19.1. The van der Waals surface area contributed by atoms with Gasteiger partial charge in [0, 0.05) is 25.4 Å². The fourth-order valence-corrected chi connectivity index (χ4v) is 3.52. The Hall–Kier alpha value is -2.68. The van der Waals surface area contributed by atoms with Crippen LogP contribution in [0.15, 0.2) is 18.2 Å². The maximum absolute atomic E-state index is 14.9. The van der Waals surface area contributed by atoms with Crippen LogP contribution < -0.4 is 9.80 Å². The monoisotopic (exact) mass is 421 g/mol. The first-order chi connectivity index (χ1) is 14.3. The highest BCUT2D eigenvalue weighted by Gasteiger charge is 2.33. The first kappa shape index (κ1) is 22.0. The Bertz CT molecular complexity index is 816. The number of carbonyl (C=O) groups excluding carboxylic acids is 3. The number of Topliss-reactive ketones (excluding diaryl/α,β-unsaturated/α-hetero) is 1. The van der Waals surface area contributed by atoms with E-state index in [1.807, 2.05) is 4.90 Å². The van der Waals surface area contributed by atoms with Crippen molar-refractivity contribution in [2.45, 2.75) is 39.7 Å². The lowest BCUT2D eigenvalue weighted by Gasteiger charge is -2.24. The first-order valence-electron chi connectivity index (χ1n) is 10.2. The summed E-state index contributed by atoms with van der Waals surface area (Å²) in [6.07, 6.45) is -0.123. The van der Waals surface area contributed by atoms with Crippen LogP contribution in [0.25, 0.3) is 0 Å². The Labute approximate surface area is 175 Å². The molecule has 0 N–H and O–H groups in total. The highest BCUT2D eigenvalue weighted by Crippen LogP contribution is 2.29. The van der Waals surface area contributed by atoms with Crippen molar-refractivity contribution >= 4 is 29.2 Å². The van der Waals surface area contributed by atoms with Gasteiger partial charge in [-0.3, -0.25) is 14.5 Å². The minimum Gasteiger partial charge on any atom is -0.444 e. The number of amides is 2. The predicted molar refractivity (Wildman–Crippen MR) is 109 cm³/mol. The van der Waals surface area contributed by atoms with Gasteiger partial charge in [0.05, 0.1) is 31.1 Å². The van der Waals surface area contributed by atoms with Gasteiger partial charge in [-0.15, -0.1) is 0 Å². The molecular weight excluding hydrogens is 393 g/mol. The molecule has 0 spiro atoms. The second-order valence-corrected chi connectivity index (χ2v) is 7.91. The number of hydrogen-bond acceptors (Lipinski definition) is 6. The summed E-state index contributed by atoms with van der Waals surface area (Å²) < 4.78 is 20.2. The molecule has 1 aromatic carbocycles. The van der Waals surface area contributed by atoms with Crippen LogP contribution in [0.2, 0.25) is 0 Å². The molecule has 164 valence electrons. The van der Waals surface area contributed by atoms with Gasteiger partial charge in [-0.2, -0.15) is 0 Å². The maximum Gasteiger partial charge on any atom is 0.414 e. The van der Waals surface area contributed by atoms with Crippen LogP contribution in [0.5, 0.6) is 0 Å². The van der Waals surface area contributed by atoms with Gasteiger partial charge < -0.3 is 14.4 Å². The lowest BCUT2D eigenvalue weighted by atomic mass is 10.1. The van der Waals surface area contributed by atoms with Crippen molar-refractivity contribution in [2.75, 3.05) is 42.6 Å². The van der Waals surface area contributed by atoms with Crippen LogP contribution in [-0.2, 0) is 19.2 Å². The zero-order valence-electron chi connectivity index (χ0n) is 17.6. The number of benzene rings is 1. The minimum absolute atomic E-state index is 0.0370. The number of rotatable bonds is 6. The molecule has 0 unspecified atom stereocenters. The van der Waals surface area contributed by atoms with Gasteiger partial charge in [0.15, 0.2) is 0 Å². The third-order valence-corrected chi connectivity index (χ3v) is 5.20. The summed E-state index contributed by atoms with van der Waals surface area (Å²) in [6, 6.07) is 4.61. The Balaban J connectivity index is 1.66. The van der Waals surface area contributed by atoms with E-state index in [-0.39, 0.29) is 36.9 Å². The van der Waals surface area contributed by atoms with Crippen LogP contribution >= 0.6 is 0 Å². The van der Waals surface area contributed by atoms with Crippen molar-refractivity contribution in [3.8, 4) is 0 Å². The summed E-state index contributed by atoms with van der Waals surface area (Å²) in [5.74, 6) is -0.697. The second kappa shape index (κ2) is 9.42. The summed E-state index contributed by atoms with van der Waals surface area (Å²) in [7, 11) is 0. The standard InChI is InChI=1S/C21H28FN3O5/c1-14(2)20(27)25-9-8-23(10-11-29-25)19-7-5-16(12-18(19)22)24-13-17(30-21(24)28)6-4-15(3)26/h5,7,12,14,17H,4,6,8-11,13H2,1-3H3/t17-/m0/s1. The molecule has 9 heteroatoms. The first-order valence-corrected chi connectivity index (χ1v) is 10.2. The summed E-state index contributed by atoms with van der Waals surface area (Å²) in [5.41, 5.74) is 0.802. The van der Waals surface area contributed by atoms with E-state index in [1.165, 1.54) is 23.0 Å². The van der Waals surface area contributed by atoms with Crippen molar-refractivity contribution in [3.63, 3.8) is 0 Å². The van der Waals surface area contributed by atoms with Crippen molar-refractivity contribution in [3.05, 3.63) is 24.0 Å². The lowest BCUT2D eigenvalue weighted by molar-refractivity contribution is -0.185. The number of hydroxylamine groups is 2. The van der Waals surface area contributed by atoms with Crippen LogP contribution in [0.4, 0.5) is 20.6 Å². The summed E-state index contributed by atoms with van der Waals surface area (Å²) in [6.45, 7) is 6.89. The normalized spacial score (nSPS) is 19.8. The molecule has 2 saturated heterocycles. The van der Waals surface area contributed by atoms with E-state index in [1.54, 1.807) is 26.0 Å². The average molecular weight is 421 g/mol. The van der Waals surface area contributed by atoms with Crippen LogP contribution in [0.1, 0.15) is 33.6 Å². The van der Waals surface area contributed by atoms with E-state index in [4.69, 9.17) is 9.57 Å². The molecule has 30 heavy (non-hydrogen) atoms. The fraction of sp³-hybridized carbons (Fsp3) is 0.571. The molecule has 0 radical (unpaired) electrons. The van der Waals surface area contributed by atoms with E-state index >= 15 is 0 Å². The molecule has 0 aliphatic carbocycles. The summed E-state index contributed by atoms with van der Waals surface area (Å²) in [4.78, 5) is 44.2. The van der Waals surface area contributed by atoms with Crippen LogP contribution in [0, 0.1) is 11.7 Å². The van der Waals surface area contributed by atoms with Crippen molar-refractivity contribution in [1.29, 1.82) is 0 Å². The van der Waals surface area contributed by atoms with E-state index in [2.05, 4.69) is 0 Å². The van der Waals surface area contributed by atoms with Gasteiger partial charge in [-0.25, -0.2) is 14.2 Å². The van der Waals surface area contributed by atoms with Gasteiger partial charge in [0.2, 0.25) is 5.91 Å². The topological polar surface area (TPSA) is 79.4 Å². The van der Waals surface area contributed by atoms with E-state index in [0.29, 0.717) is 43.9 Å². The van der Waals surface area contributed by atoms with Crippen molar-refractivity contribution < 1.29 is 28.3 Å². The summed E-state index contributed by atoms with van der Waals surface area (Å²) >= 11 is 0. The Morgan fingerprint density at radius 3 is 2.67 bits per heavy atom. The SMILES string of the molecule is CC(=O)CC[C@H]1CN(c2ccc(N3CCON(C(=O)C(C)C)CC3)c(F)c2)C(=O)O1. The number of cyclic esters (lactones) is 1. The Kier molecular flexibility index (Phi) is 6.91. The molecule has 2 aliphatic heterocycles. The quantitative estimate of drug-likeness (QED) is 0.703. The Morgan fingerprint density at radius 1 is 1.23 bits per heavy atom. The largest absolute Gasteiger partial charge is 0.444 e. The number of ether oxygens (including phenoxy) is 1. The van der Waals surface area contributed by atoms with Gasteiger partial charge in [0.25, 0.3) is 0 Å². The second-order valence-electron chi connectivity index (χ2n) is 7.91. The number of nitrogens with zero attached hydrogens (tertiary/aromatic N) is 3. The molecule has 2 fully saturated rings. The third kappa shape index (κ3) is 5.08. The molecule has 8 nitrogen and oxygen atoms in total. The molecule has 1 aromatic rings. The predicted octanol–water partition coefficient (Wildman–Crippen LogP) is 2.76. The highest BCUT2D eigenvalue weighted by molar-refractivity contribution is 5.90. The molecule has 2 heterocycles. The van der Waals surface area contributed by atoms with Crippen molar-refractivity contribution in [1.82, 2.24) is 5.06 Å². The average Bonchev–Trinajstić information content (AvgIpc) is 2.91. The van der Waals surface area contributed by atoms with E-state index < -0.39 is 11.9 Å². The van der Waals surface area contributed by atoms with Gasteiger partial charge >= 0.3 is 6.09 Å². The number of ketones is 1. The van der Waals surface area contributed by atoms with Crippen LogP contribution in [-0.4, -0.2) is 61.7 Å². The molecule has 0 bridgehead atoms. The Morgan fingerprint density at radius 2 is 2.00 bits per heavy atom. The number of carbonyl (C=O) groups is 3. The van der Waals surface area contributed by atoms with E-state index in [9.17, 15) is 18.8 Å². The number of halogens is 1. The minimum atomic E-state index is -0.540. The maximum atomic E-state index is 14.9. The fourth-order valence-electron chi connectivity index (χ4n) is 3.52. The summed E-state index contributed by atoms with van der Waals surface area (Å²) in [5, 5.41) is 1.35. The molecule has 0 saturated carbocycles. The molecule has 1 atom stereocenters. The van der Waals surface area contributed by atoms with Crippen molar-refractivity contribution in [2.24, 2.45) is 5.92 Å². The van der Waals surface area contributed by atoms with Gasteiger partial charge in [-0.05, 0) is 31.5 Å². The molecule has 0 aromatic heterocycles. The lowest BCUT2D eigenvalue weighted by Crippen LogP contribution is -2.36. The van der Waals surface area contributed by atoms with E-state index in [0.717, 1.165) is 0 Å².